The van der Waals surface area contributed by atoms with Crippen LogP contribution in [0.25, 0.3) is 0 Å². The van der Waals surface area contributed by atoms with Crippen molar-refractivity contribution in [1.29, 1.82) is 0 Å². The molecule has 0 radical (unpaired) electrons. The number of sulfonamides is 1. The van der Waals surface area contributed by atoms with Crippen LogP contribution in [0.4, 0.5) is 10.5 Å². The van der Waals surface area contributed by atoms with Crippen LogP contribution in [0.3, 0.4) is 0 Å². The van der Waals surface area contributed by atoms with Crippen LogP contribution in [-0.4, -0.2) is 69.5 Å². The first kappa shape index (κ1) is 22.1. The Labute approximate surface area is 187 Å². The molecule has 4 rings (SSSR count). The van der Waals surface area contributed by atoms with E-state index in [0.29, 0.717) is 24.3 Å². The molecule has 2 aromatic carbocycles. The van der Waals surface area contributed by atoms with E-state index in [-0.39, 0.29) is 48.3 Å². The Hall–Kier alpha value is -3.11. The largest absolute Gasteiger partial charge is 0.497 e. The van der Waals surface area contributed by atoms with Gasteiger partial charge in [0, 0.05) is 25.2 Å². The van der Waals surface area contributed by atoms with E-state index in [1.807, 2.05) is 6.07 Å². The number of piperidine rings is 1. The van der Waals surface area contributed by atoms with E-state index in [4.69, 9.17) is 9.47 Å². The van der Waals surface area contributed by atoms with Crippen molar-refractivity contribution in [1.82, 2.24) is 9.21 Å². The third kappa shape index (κ3) is 3.91. The van der Waals surface area contributed by atoms with Crippen molar-refractivity contribution in [2.75, 3.05) is 38.8 Å². The second-order valence-electron chi connectivity index (χ2n) is 7.63. The zero-order chi connectivity index (χ0) is 22.9. The van der Waals surface area contributed by atoms with E-state index >= 15 is 0 Å². The summed E-state index contributed by atoms with van der Waals surface area (Å²) in [6.07, 6.45) is 0.888. The summed E-state index contributed by atoms with van der Waals surface area (Å²) < 4.78 is 38.2. The molecule has 9 nitrogen and oxygen atoms in total. The van der Waals surface area contributed by atoms with Crippen LogP contribution in [0.5, 0.6) is 11.5 Å². The highest BCUT2D eigenvalue weighted by atomic mass is 32.2. The zero-order valence-corrected chi connectivity index (χ0v) is 18.7. The van der Waals surface area contributed by atoms with Gasteiger partial charge < -0.3 is 14.4 Å². The molecule has 0 aliphatic carbocycles. The normalized spacial score (nSPS) is 18.3. The third-order valence-electron chi connectivity index (χ3n) is 5.86. The number of rotatable bonds is 6. The third-order valence-corrected chi connectivity index (χ3v) is 7.80. The van der Waals surface area contributed by atoms with Gasteiger partial charge in [-0.2, -0.15) is 4.31 Å². The molecule has 32 heavy (non-hydrogen) atoms. The minimum Gasteiger partial charge on any atom is -0.497 e. The predicted molar refractivity (Wildman–Crippen MR) is 117 cm³/mol. The van der Waals surface area contributed by atoms with Crippen molar-refractivity contribution in [3.8, 4) is 11.5 Å². The first-order valence-corrected chi connectivity index (χ1v) is 11.7. The number of urea groups is 1. The molecule has 2 saturated heterocycles. The van der Waals surface area contributed by atoms with Gasteiger partial charge in [0.1, 0.15) is 22.9 Å². The Kier molecular flexibility index (Phi) is 6.07. The highest BCUT2D eigenvalue weighted by Crippen LogP contribution is 2.33. The number of hydrogen-bond donors (Lipinski definition) is 0. The predicted octanol–water partition coefficient (Wildman–Crippen LogP) is 2.33. The molecule has 0 aromatic heterocycles. The summed E-state index contributed by atoms with van der Waals surface area (Å²) in [4.78, 5) is 28.2. The number of hydrogen-bond acceptors (Lipinski definition) is 6. The van der Waals surface area contributed by atoms with Crippen molar-refractivity contribution >= 4 is 27.6 Å². The first-order valence-electron chi connectivity index (χ1n) is 10.3. The van der Waals surface area contributed by atoms with Gasteiger partial charge in [0.2, 0.25) is 10.0 Å². The van der Waals surface area contributed by atoms with Crippen LogP contribution >= 0.6 is 0 Å². The van der Waals surface area contributed by atoms with Crippen molar-refractivity contribution in [2.24, 2.45) is 0 Å². The number of carbonyl (C=O) groups excluding carboxylic acids is 2. The van der Waals surface area contributed by atoms with Crippen LogP contribution in [0.1, 0.15) is 12.8 Å². The molecule has 0 N–H and O–H groups in total. The van der Waals surface area contributed by atoms with Gasteiger partial charge in [-0.15, -0.1) is 0 Å². The van der Waals surface area contributed by atoms with Gasteiger partial charge >= 0.3 is 6.03 Å². The molecule has 10 heteroatoms. The van der Waals surface area contributed by atoms with Crippen LogP contribution < -0.4 is 14.4 Å². The fourth-order valence-electron chi connectivity index (χ4n) is 4.16. The molecular formula is C22H25N3O6S. The molecule has 2 fully saturated rings. The summed E-state index contributed by atoms with van der Waals surface area (Å²) in [7, 11) is -0.875. The fourth-order valence-corrected chi connectivity index (χ4v) is 5.76. The van der Waals surface area contributed by atoms with E-state index in [9.17, 15) is 18.0 Å². The van der Waals surface area contributed by atoms with Crippen molar-refractivity contribution < 1.29 is 27.5 Å². The quantitative estimate of drug-likeness (QED) is 0.615. The van der Waals surface area contributed by atoms with Crippen molar-refractivity contribution in [3.05, 3.63) is 48.5 Å². The smallest absolute Gasteiger partial charge is 0.332 e. The van der Waals surface area contributed by atoms with Gasteiger partial charge in [0.05, 0.1) is 19.9 Å². The van der Waals surface area contributed by atoms with E-state index < -0.39 is 10.0 Å². The lowest BCUT2D eigenvalue weighted by Gasteiger charge is -2.35. The van der Waals surface area contributed by atoms with Gasteiger partial charge in [0.25, 0.3) is 5.91 Å². The maximum atomic E-state index is 13.2. The Bertz CT molecular complexity index is 1110. The maximum Gasteiger partial charge on any atom is 0.332 e. The second-order valence-corrected chi connectivity index (χ2v) is 9.53. The number of imide groups is 1. The molecular weight excluding hydrogens is 434 g/mol. The molecule has 0 atom stereocenters. The Balaban J connectivity index is 1.47. The minimum absolute atomic E-state index is 0.00253. The van der Waals surface area contributed by atoms with Gasteiger partial charge in [0.15, 0.2) is 0 Å². The summed E-state index contributed by atoms with van der Waals surface area (Å²) in [5, 5.41) is 0. The number of methoxy groups -OCH3 is 2. The van der Waals surface area contributed by atoms with Crippen LogP contribution in [0.15, 0.2) is 53.4 Å². The van der Waals surface area contributed by atoms with E-state index in [0.717, 1.165) is 0 Å². The molecule has 3 amide bonds. The number of benzene rings is 2. The standard InChI is InChI=1S/C22H25N3O6S/c1-30-18-8-9-20(19(14-18)31-2)32(28,29)23-12-10-16(11-13-23)24-15-21(26)25(22(24)27)17-6-4-3-5-7-17/h3-9,14,16H,10-13,15H2,1-2H3. The molecule has 0 saturated carbocycles. The Morgan fingerprint density at radius 2 is 1.62 bits per heavy atom. The monoisotopic (exact) mass is 459 g/mol. The summed E-state index contributed by atoms with van der Waals surface area (Å²) in [5.74, 6) is 0.434. The molecule has 170 valence electrons. The van der Waals surface area contributed by atoms with Gasteiger partial charge in [-0.1, -0.05) is 18.2 Å². The second kappa shape index (κ2) is 8.79. The summed E-state index contributed by atoms with van der Waals surface area (Å²) in [5.41, 5.74) is 0.539. The molecule has 2 aliphatic heterocycles. The maximum absolute atomic E-state index is 13.2. The van der Waals surface area contributed by atoms with Gasteiger partial charge in [-0.25, -0.2) is 18.1 Å². The topological polar surface area (TPSA) is 96.5 Å². The molecule has 2 aliphatic rings. The van der Waals surface area contributed by atoms with E-state index in [1.54, 1.807) is 35.2 Å². The molecule has 0 spiro atoms. The lowest BCUT2D eigenvalue weighted by atomic mass is 10.1. The van der Waals surface area contributed by atoms with Crippen LogP contribution in [0.2, 0.25) is 0 Å². The summed E-state index contributed by atoms with van der Waals surface area (Å²) in [6.45, 7) is 0.481. The number of ether oxygens (including phenoxy) is 2. The number of amides is 3. The lowest BCUT2D eigenvalue weighted by Crippen LogP contribution is -2.48. The minimum atomic E-state index is -3.78. The number of anilines is 1. The van der Waals surface area contributed by atoms with Crippen molar-refractivity contribution in [2.45, 2.75) is 23.8 Å². The highest BCUT2D eigenvalue weighted by molar-refractivity contribution is 7.89. The van der Waals surface area contributed by atoms with Gasteiger partial charge in [-0.05, 0) is 37.1 Å². The van der Waals surface area contributed by atoms with Crippen LogP contribution in [-0.2, 0) is 14.8 Å². The molecule has 2 heterocycles. The Morgan fingerprint density at radius 1 is 0.938 bits per heavy atom. The highest BCUT2D eigenvalue weighted by Gasteiger charge is 2.42. The lowest BCUT2D eigenvalue weighted by molar-refractivity contribution is -0.116. The SMILES string of the molecule is COc1ccc(S(=O)(=O)N2CCC(N3CC(=O)N(c4ccccc4)C3=O)CC2)c(OC)c1. The number of carbonyl (C=O) groups is 2. The first-order chi connectivity index (χ1) is 15.4. The fraction of sp³-hybridized carbons (Fsp3) is 0.364. The molecule has 0 unspecified atom stereocenters. The van der Waals surface area contributed by atoms with Crippen molar-refractivity contribution in [3.63, 3.8) is 0 Å². The zero-order valence-electron chi connectivity index (χ0n) is 17.9. The van der Waals surface area contributed by atoms with Gasteiger partial charge in [-0.3, -0.25) is 4.79 Å². The van der Waals surface area contributed by atoms with E-state index in [2.05, 4.69) is 0 Å². The van der Waals surface area contributed by atoms with Crippen LogP contribution in [0, 0.1) is 0 Å². The summed E-state index contributed by atoms with van der Waals surface area (Å²) in [6, 6.07) is 12.8. The van der Waals surface area contributed by atoms with E-state index in [1.165, 1.54) is 35.6 Å². The average Bonchev–Trinajstić information content (AvgIpc) is 3.12. The summed E-state index contributed by atoms with van der Waals surface area (Å²) >= 11 is 0. The Morgan fingerprint density at radius 3 is 2.25 bits per heavy atom. The molecule has 2 aromatic rings. The average molecular weight is 460 g/mol. The molecule has 0 bridgehead atoms. The number of para-hydroxylation sites is 1. The number of nitrogens with zero attached hydrogens (tertiary/aromatic N) is 3.